The number of nitrogens with zero attached hydrogens (tertiary/aromatic N) is 3. The number of anilines is 2. The van der Waals surface area contributed by atoms with Crippen molar-refractivity contribution in [1.82, 2.24) is 15.1 Å². The summed E-state index contributed by atoms with van der Waals surface area (Å²) >= 11 is 0. The molecule has 0 aliphatic carbocycles. The highest BCUT2D eigenvalue weighted by Crippen LogP contribution is 2.31. The zero-order valence-corrected chi connectivity index (χ0v) is 21.8. The summed E-state index contributed by atoms with van der Waals surface area (Å²) in [5, 5.41) is 5.74. The Hall–Kier alpha value is -3.88. The molecule has 2 fully saturated rings. The van der Waals surface area contributed by atoms with E-state index >= 15 is 0 Å². The maximum atomic E-state index is 13.7. The van der Waals surface area contributed by atoms with Crippen LogP contribution in [0, 0.1) is 5.92 Å². The molecular formula is C28H35N5O4. The molecule has 4 amide bonds. The first kappa shape index (κ1) is 26.2. The van der Waals surface area contributed by atoms with Gasteiger partial charge in [0.25, 0.3) is 5.91 Å². The van der Waals surface area contributed by atoms with Gasteiger partial charge in [0, 0.05) is 37.6 Å². The van der Waals surface area contributed by atoms with Gasteiger partial charge in [0.15, 0.2) is 5.78 Å². The molecule has 0 bridgehead atoms. The van der Waals surface area contributed by atoms with Gasteiger partial charge in [0.2, 0.25) is 5.91 Å². The largest absolute Gasteiger partial charge is 0.378 e. The SMILES string of the molecule is CC(C)C[C@H](NC(=O)c1ccc(N(C)C)cc1)C(=O)N1CC[C@@H]2[C@H]1C(=O)CN2C(=O)Nc1ccccc1. The third kappa shape index (κ3) is 5.76. The minimum absolute atomic E-state index is 0.0444. The highest BCUT2D eigenvalue weighted by atomic mass is 16.2. The third-order valence-corrected chi connectivity index (χ3v) is 6.95. The molecule has 2 aromatic carbocycles. The Kier molecular flexibility index (Phi) is 7.80. The molecule has 3 atom stereocenters. The Balaban J connectivity index is 1.46. The van der Waals surface area contributed by atoms with Gasteiger partial charge in [-0.25, -0.2) is 4.79 Å². The standard InChI is InChI=1S/C28H35N5O4/c1-18(2)16-22(30-26(35)19-10-12-21(13-11-19)31(3)4)27(36)32-15-14-23-25(32)24(34)17-33(23)28(37)29-20-8-6-5-7-9-20/h5-13,18,22-23,25H,14-17H2,1-4H3,(H,29,37)(H,30,35)/t22-,23+,25-/m0/s1. The molecule has 37 heavy (non-hydrogen) atoms. The highest BCUT2D eigenvalue weighted by Gasteiger charge is 2.52. The van der Waals surface area contributed by atoms with Crippen molar-refractivity contribution in [1.29, 1.82) is 0 Å². The first-order valence-corrected chi connectivity index (χ1v) is 12.7. The van der Waals surface area contributed by atoms with E-state index in [1.807, 2.05) is 63.2 Å². The van der Waals surface area contributed by atoms with E-state index in [-0.39, 0.29) is 42.1 Å². The smallest absolute Gasteiger partial charge is 0.322 e. The maximum absolute atomic E-state index is 13.7. The molecule has 0 saturated carbocycles. The number of benzene rings is 2. The number of fused-ring (bicyclic) bond motifs is 1. The second-order valence-corrected chi connectivity index (χ2v) is 10.3. The molecule has 2 aliphatic heterocycles. The van der Waals surface area contributed by atoms with Gasteiger partial charge in [-0.05, 0) is 55.2 Å². The number of urea groups is 1. The van der Waals surface area contributed by atoms with Gasteiger partial charge in [0.1, 0.15) is 12.1 Å². The average Bonchev–Trinajstić information content (AvgIpc) is 3.45. The summed E-state index contributed by atoms with van der Waals surface area (Å²) in [5.74, 6) is -0.621. The third-order valence-electron chi connectivity index (χ3n) is 6.95. The second kappa shape index (κ2) is 11.0. The number of amides is 4. The summed E-state index contributed by atoms with van der Waals surface area (Å²) in [5.41, 5.74) is 2.08. The first-order chi connectivity index (χ1) is 17.7. The lowest BCUT2D eigenvalue weighted by molar-refractivity contribution is -0.138. The second-order valence-electron chi connectivity index (χ2n) is 10.3. The molecule has 2 aliphatic rings. The number of nitrogens with one attached hydrogen (secondary N) is 2. The van der Waals surface area contributed by atoms with Crippen LogP contribution in [-0.2, 0) is 9.59 Å². The fourth-order valence-corrected chi connectivity index (χ4v) is 5.10. The van der Waals surface area contributed by atoms with Gasteiger partial charge < -0.3 is 25.3 Å². The summed E-state index contributed by atoms with van der Waals surface area (Å²) in [4.78, 5) is 57.7. The summed E-state index contributed by atoms with van der Waals surface area (Å²) in [7, 11) is 3.85. The van der Waals surface area contributed by atoms with Gasteiger partial charge in [-0.2, -0.15) is 0 Å². The minimum Gasteiger partial charge on any atom is -0.378 e. The fraction of sp³-hybridized carbons (Fsp3) is 0.429. The molecule has 0 unspecified atom stereocenters. The summed E-state index contributed by atoms with van der Waals surface area (Å²) in [6.07, 6.45) is 0.958. The lowest BCUT2D eigenvalue weighted by Gasteiger charge is -2.29. The van der Waals surface area contributed by atoms with E-state index in [0.717, 1.165) is 5.69 Å². The average molecular weight is 506 g/mol. The van der Waals surface area contributed by atoms with Crippen molar-refractivity contribution < 1.29 is 19.2 Å². The Morgan fingerprint density at radius 3 is 2.30 bits per heavy atom. The summed E-state index contributed by atoms with van der Waals surface area (Å²) in [6.45, 7) is 4.29. The molecule has 9 nitrogen and oxygen atoms in total. The molecular weight excluding hydrogens is 470 g/mol. The Bertz CT molecular complexity index is 1150. The van der Waals surface area contributed by atoms with E-state index in [1.165, 1.54) is 4.90 Å². The van der Waals surface area contributed by atoms with Crippen LogP contribution in [0.3, 0.4) is 0 Å². The molecule has 9 heteroatoms. The number of carbonyl (C=O) groups is 4. The molecule has 2 N–H and O–H groups in total. The maximum Gasteiger partial charge on any atom is 0.322 e. The number of carbonyl (C=O) groups excluding carboxylic acids is 4. The molecule has 196 valence electrons. The van der Waals surface area contributed by atoms with Gasteiger partial charge in [-0.3, -0.25) is 14.4 Å². The van der Waals surface area contributed by atoms with Gasteiger partial charge in [-0.15, -0.1) is 0 Å². The molecule has 2 saturated heterocycles. The van der Waals surface area contributed by atoms with Gasteiger partial charge >= 0.3 is 6.03 Å². The van der Waals surface area contributed by atoms with Crippen LogP contribution in [0.2, 0.25) is 0 Å². The van der Waals surface area contributed by atoms with E-state index in [4.69, 9.17) is 0 Å². The molecule has 0 aromatic heterocycles. The van der Waals surface area contributed by atoms with E-state index in [9.17, 15) is 19.2 Å². The predicted molar refractivity (Wildman–Crippen MR) is 143 cm³/mol. The summed E-state index contributed by atoms with van der Waals surface area (Å²) < 4.78 is 0. The number of likely N-dealkylation sites (tertiary alicyclic amines) is 2. The molecule has 2 aromatic rings. The van der Waals surface area contributed by atoms with Crippen LogP contribution in [0.15, 0.2) is 54.6 Å². The van der Waals surface area contributed by atoms with Crippen LogP contribution in [0.25, 0.3) is 0 Å². The van der Waals surface area contributed by atoms with E-state index in [2.05, 4.69) is 10.6 Å². The topological polar surface area (TPSA) is 102 Å². The van der Waals surface area contributed by atoms with Crippen LogP contribution < -0.4 is 15.5 Å². The van der Waals surface area contributed by atoms with Crippen molar-refractivity contribution >= 4 is 35.0 Å². The number of hydrogen-bond acceptors (Lipinski definition) is 5. The predicted octanol–water partition coefficient (Wildman–Crippen LogP) is 2.98. The van der Waals surface area contributed by atoms with Crippen molar-refractivity contribution in [2.24, 2.45) is 5.92 Å². The number of para-hydroxylation sites is 1. The molecule has 0 radical (unpaired) electrons. The van der Waals surface area contributed by atoms with E-state index in [1.54, 1.807) is 29.2 Å². The van der Waals surface area contributed by atoms with E-state index in [0.29, 0.717) is 30.6 Å². The first-order valence-electron chi connectivity index (χ1n) is 12.7. The minimum atomic E-state index is -0.764. The highest BCUT2D eigenvalue weighted by molar-refractivity contribution is 6.02. The van der Waals surface area contributed by atoms with Crippen molar-refractivity contribution in [3.63, 3.8) is 0 Å². The molecule has 0 spiro atoms. The zero-order chi connectivity index (χ0) is 26.7. The molecule has 4 rings (SSSR count). The number of hydrogen-bond donors (Lipinski definition) is 2. The lowest BCUT2D eigenvalue weighted by atomic mass is 10.0. The number of ketones is 1. The van der Waals surface area contributed by atoms with Crippen LogP contribution in [0.4, 0.5) is 16.2 Å². The normalized spacial score (nSPS) is 19.5. The lowest BCUT2D eigenvalue weighted by Crippen LogP contribution is -2.53. The van der Waals surface area contributed by atoms with E-state index < -0.39 is 12.1 Å². The van der Waals surface area contributed by atoms with Gasteiger partial charge in [-0.1, -0.05) is 32.0 Å². The monoisotopic (exact) mass is 505 g/mol. The Morgan fingerprint density at radius 1 is 1.00 bits per heavy atom. The molecule has 2 heterocycles. The van der Waals surface area contributed by atoms with Crippen molar-refractivity contribution in [3.8, 4) is 0 Å². The number of rotatable bonds is 7. The van der Waals surface area contributed by atoms with Crippen LogP contribution >= 0.6 is 0 Å². The van der Waals surface area contributed by atoms with Gasteiger partial charge in [0.05, 0.1) is 12.6 Å². The summed E-state index contributed by atoms with van der Waals surface area (Å²) in [6, 6.07) is 14.0. The van der Waals surface area contributed by atoms with Crippen molar-refractivity contribution in [3.05, 3.63) is 60.2 Å². The van der Waals surface area contributed by atoms with Crippen molar-refractivity contribution in [2.75, 3.05) is 37.4 Å². The quantitative estimate of drug-likeness (QED) is 0.603. The van der Waals surface area contributed by atoms with Crippen molar-refractivity contribution in [2.45, 2.75) is 44.8 Å². The zero-order valence-electron chi connectivity index (χ0n) is 21.8. The van der Waals surface area contributed by atoms with Crippen LogP contribution in [0.5, 0.6) is 0 Å². The van der Waals surface area contributed by atoms with Crippen LogP contribution in [0.1, 0.15) is 37.0 Å². The number of Topliss-reactive ketones (excluding diaryl/α,β-unsaturated/α-hetero) is 1. The fourth-order valence-electron chi connectivity index (χ4n) is 5.10. The Labute approximate surface area is 217 Å². The van der Waals surface area contributed by atoms with Crippen LogP contribution in [-0.4, -0.2) is 78.7 Å². The Morgan fingerprint density at radius 2 is 1.68 bits per heavy atom.